The van der Waals surface area contributed by atoms with Crippen LogP contribution in [0.3, 0.4) is 0 Å². The summed E-state index contributed by atoms with van der Waals surface area (Å²) in [5.41, 5.74) is 8.78. The first-order chi connectivity index (χ1) is 10.1. The Morgan fingerprint density at radius 3 is 2.90 bits per heavy atom. The van der Waals surface area contributed by atoms with Gasteiger partial charge < -0.3 is 10.5 Å². The molecule has 1 unspecified atom stereocenters. The van der Waals surface area contributed by atoms with Gasteiger partial charge in [0, 0.05) is 22.9 Å². The number of rotatable bonds is 4. The first kappa shape index (κ1) is 14.4. The number of halogens is 1. The number of nitrogens with two attached hydrogens (primary N) is 1. The average Bonchev–Trinajstić information content (AvgIpc) is 2.92. The second kappa shape index (κ2) is 6.08. The predicted molar refractivity (Wildman–Crippen MR) is 86.5 cm³/mol. The summed E-state index contributed by atoms with van der Waals surface area (Å²) in [6.07, 6.45) is 1.71. The topological polar surface area (TPSA) is 52.3 Å². The van der Waals surface area contributed by atoms with Crippen molar-refractivity contribution in [2.75, 3.05) is 18.1 Å². The van der Waals surface area contributed by atoms with Crippen LogP contribution in [0.2, 0.25) is 5.02 Å². The van der Waals surface area contributed by atoms with Crippen LogP contribution < -0.4 is 10.5 Å². The van der Waals surface area contributed by atoms with Crippen LogP contribution in [0.4, 0.5) is 5.69 Å². The van der Waals surface area contributed by atoms with Crippen LogP contribution in [0.15, 0.2) is 41.3 Å². The first-order valence-electron chi connectivity index (χ1n) is 6.81. The molecule has 0 bridgehead atoms. The Balaban J connectivity index is 1.68. The third-order valence-corrected chi connectivity index (χ3v) is 5.22. The molecular formula is C16H16ClNO2S. The van der Waals surface area contributed by atoms with E-state index in [1.165, 1.54) is 11.1 Å². The fraction of sp³-hybridized carbons (Fsp3) is 0.250. The van der Waals surface area contributed by atoms with Crippen molar-refractivity contribution in [3.8, 4) is 5.75 Å². The predicted octanol–water partition coefficient (Wildman–Crippen LogP) is 3.21. The van der Waals surface area contributed by atoms with Gasteiger partial charge in [-0.15, -0.1) is 0 Å². The summed E-state index contributed by atoms with van der Waals surface area (Å²) in [6, 6.07) is 11.3. The van der Waals surface area contributed by atoms with E-state index in [0.717, 1.165) is 25.2 Å². The molecule has 1 aliphatic rings. The molecule has 0 aliphatic carbocycles. The molecule has 2 aromatic carbocycles. The zero-order valence-corrected chi connectivity index (χ0v) is 13.0. The van der Waals surface area contributed by atoms with Gasteiger partial charge >= 0.3 is 0 Å². The van der Waals surface area contributed by atoms with Gasteiger partial charge in [-0.3, -0.25) is 4.21 Å². The first-order valence-corrected chi connectivity index (χ1v) is 8.51. The van der Waals surface area contributed by atoms with Crippen molar-refractivity contribution in [3.05, 3.63) is 52.5 Å². The lowest BCUT2D eigenvalue weighted by Gasteiger charge is -2.07. The van der Waals surface area contributed by atoms with Crippen molar-refractivity contribution in [3.63, 3.8) is 0 Å². The summed E-state index contributed by atoms with van der Waals surface area (Å²) in [4.78, 5) is 0.656. The fourth-order valence-corrected chi connectivity index (χ4v) is 3.81. The maximum atomic E-state index is 12.3. The second-order valence-corrected chi connectivity index (χ2v) is 7.00. The number of fused-ring (bicyclic) bond motifs is 1. The molecule has 1 atom stereocenters. The molecule has 0 radical (unpaired) electrons. The molecule has 110 valence electrons. The van der Waals surface area contributed by atoms with Gasteiger partial charge in [0.15, 0.2) is 0 Å². The maximum Gasteiger partial charge on any atom is 0.122 e. The number of ether oxygens (including phenoxy) is 1. The second-order valence-electron chi connectivity index (χ2n) is 5.02. The third kappa shape index (κ3) is 3.22. The van der Waals surface area contributed by atoms with Crippen molar-refractivity contribution < 1.29 is 8.95 Å². The Bertz CT molecular complexity index is 703. The van der Waals surface area contributed by atoms with Crippen LogP contribution in [-0.2, 0) is 23.6 Å². The normalized spacial score (nSPS) is 14.5. The molecular weight excluding hydrogens is 306 g/mol. The van der Waals surface area contributed by atoms with Gasteiger partial charge in [-0.05, 0) is 41.8 Å². The molecule has 3 nitrogen and oxygen atoms in total. The Kier molecular flexibility index (Phi) is 4.17. The van der Waals surface area contributed by atoms with E-state index in [-0.39, 0.29) is 0 Å². The van der Waals surface area contributed by atoms with Gasteiger partial charge in [0.1, 0.15) is 5.75 Å². The molecule has 0 amide bonds. The van der Waals surface area contributed by atoms with Gasteiger partial charge in [0.2, 0.25) is 0 Å². The molecule has 0 spiro atoms. The van der Waals surface area contributed by atoms with Gasteiger partial charge in [-0.2, -0.15) is 0 Å². The van der Waals surface area contributed by atoms with Crippen molar-refractivity contribution in [1.82, 2.24) is 0 Å². The van der Waals surface area contributed by atoms with E-state index < -0.39 is 10.8 Å². The minimum Gasteiger partial charge on any atom is -0.493 e. The lowest BCUT2D eigenvalue weighted by molar-refractivity contribution is 0.357. The van der Waals surface area contributed by atoms with Crippen molar-refractivity contribution in [2.24, 2.45) is 0 Å². The number of anilines is 1. The molecule has 5 heteroatoms. The van der Waals surface area contributed by atoms with Crippen molar-refractivity contribution in [2.45, 2.75) is 17.7 Å². The lowest BCUT2D eigenvalue weighted by atomic mass is 10.1. The zero-order valence-electron chi connectivity index (χ0n) is 11.5. The summed E-state index contributed by atoms with van der Waals surface area (Å²) < 4.78 is 17.8. The highest BCUT2D eigenvalue weighted by molar-refractivity contribution is 7.85. The van der Waals surface area contributed by atoms with Crippen molar-refractivity contribution >= 4 is 28.1 Å². The minimum absolute atomic E-state index is 0.489. The van der Waals surface area contributed by atoms with E-state index in [0.29, 0.717) is 21.4 Å². The number of hydrogen-bond acceptors (Lipinski definition) is 3. The Morgan fingerprint density at radius 1 is 1.24 bits per heavy atom. The monoisotopic (exact) mass is 321 g/mol. The highest BCUT2D eigenvalue weighted by Crippen LogP contribution is 2.26. The largest absolute Gasteiger partial charge is 0.493 e. The van der Waals surface area contributed by atoms with Crippen LogP contribution >= 0.6 is 11.6 Å². The molecule has 0 saturated carbocycles. The number of nitrogen functional groups attached to an aromatic ring is 1. The SMILES string of the molecule is Nc1cc(Cl)ccc1S(=O)CCc1ccc2c(c1)CCO2. The van der Waals surface area contributed by atoms with Crippen LogP contribution in [0.5, 0.6) is 5.75 Å². The van der Waals surface area contributed by atoms with E-state index in [9.17, 15) is 4.21 Å². The van der Waals surface area contributed by atoms with E-state index >= 15 is 0 Å². The highest BCUT2D eigenvalue weighted by Gasteiger charge is 2.13. The van der Waals surface area contributed by atoms with Crippen LogP contribution in [-0.4, -0.2) is 16.6 Å². The van der Waals surface area contributed by atoms with Crippen LogP contribution in [0, 0.1) is 0 Å². The summed E-state index contributed by atoms with van der Waals surface area (Å²) in [5.74, 6) is 1.52. The zero-order chi connectivity index (χ0) is 14.8. The van der Waals surface area contributed by atoms with E-state index in [4.69, 9.17) is 22.1 Å². The Labute approximate surface area is 131 Å². The van der Waals surface area contributed by atoms with E-state index in [1.54, 1.807) is 18.2 Å². The fourth-order valence-electron chi connectivity index (χ4n) is 2.44. The van der Waals surface area contributed by atoms with Crippen LogP contribution in [0.1, 0.15) is 11.1 Å². The maximum absolute atomic E-state index is 12.3. The van der Waals surface area contributed by atoms with Gasteiger partial charge in [0.05, 0.1) is 22.3 Å². The molecule has 21 heavy (non-hydrogen) atoms. The smallest absolute Gasteiger partial charge is 0.122 e. The molecule has 2 N–H and O–H groups in total. The third-order valence-electron chi connectivity index (χ3n) is 3.55. The van der Waals surface area contributed by atoms with E-state index in [2.05, 4.69) is 6.07 Å². The standard InChI is InChI=1S/C16H16ClNO2S/c17-13-2-4-16(14(18)10-13)21(19)8-6-11-1-3-15-12(9-11)5-7-20-15/h1-4,9-10H,5-8,18H2. The molecule has 1 aliphatic heterocycles. The number of aryl methyl sites for hydroxylation is 1. The summed E-state index contributed by atoms with van der Waals surface area (Å²) in [6.45, 7) is 0.756. The summed E-state index contributed by atoms with van der Waals surface area (Å²) in [5, 5.41) is 0.562. The molecule has 1 heterocycles. The van der Waals surface area contributed by atoms with Gasteiger partial charge in [0.25, 0.3) is 0 Å². The molecule has 0 fully saturated rings. The Morgan fingerprint density at radius 2 is 2.10 bits per heavy atom. The summed E-state index contributed by atoms with van der Waals surface area (Å²) >= 11 is 5.86. The summed E-state index contributed by atoms with van der Waals surface area (Å²) in [7, 11) is -1.12. The number of benzene rings is 2. The van der Waals surface area contributed by atoms with Crippen LogP contribution in [0.25, 0.3) is 0 Å². The number of hydrogen-bond donors (Lipinski definition) is 1. The van der Waals surface area contributed by atoms with E-state index in [1.807, 2.05) is 12.1 Å². The van der Waals surface area contributed by atoms with Gasteiger partial charge in [-0.1, -0.05) is 23.7 Å². The molecule has 3 rings (SSSR count). The minimum atomic E-state index is -1.12. The molecule has 0 saturated heterocycles. The highest BCUT2D eigenvalue weighted by atomic mass is 35.5. The quantitative estimate of drug-likeness (QED) is 0.880. The lowest BCUT2D eigenvalue weighted by Crippen LogP contribution is -2.04. The molecule has 2 aromatic rings. The molecule has 0 aromatic heterocycles. The van der Waals surface area contributed by atoms with Gasteiger partial charge in [-0.25, -0.2) is 0 Å². The Hall–Kier alpha value is -1.52. The average molecular weight is 322 g/mol. The van der Waals surface area contributed by atoms with Crippen molar-refractivity contribution in [1.29, 1.82) is 0 Å².